The van der Waals surface area contributed by atoms with E-state index >= 15 is 0 Å². The molecule has 0 bridgehead atoms. The number of nitrogens with one attached hydrogen (secondary N) is 2. The van der Waals surface area contributed by atoms with Crippen LogP contribution in [0.2, 0.25) is 0 Å². The lowest BCUT2D eigenvalue weighted by atomic mass is 10.1. The summed E-state index contributed by atoms with van der Waals surface area (Å²) in [4.78, 5) is 11.8. The van der Waals surface area contributed by atoms with Crippen LogP contribution in [0.25, 0.3) is 0 Å². The molecule has 0 aromatic heterocycles. The van der Waals surface area contributed by atoms with E-state index in [-0.39, 0.29) is 24.6 Å². The van der Waals surface area contributed by atoms with E-state index in [0.717, 1.165) is 23.3 Å². The van der Waals surface area contributed by atoms with E-state index in [0.29, 0.717) is 0 Å². The van der Waals surface area contributed by atoms with Gasteiger partial charge in [0.25, 0.3) is 5.91 Å². The Morgan fingerprint density at radius 1 is 1.35 bits per heavy atom. The summed E-state index contributed by atoms with van der Waals surface area (Å²) in [5.41, 5.74) is 2.18. The van der Waals surface area contributed by atoms with E-state index in [2.05, 4.69) is 23.6 Å². The van der Waals surface area contributed by atoms with Gasteiger partial charge in [0.15, 0.2) is 6.61 Å². The van der Waals surface area contributed by atoms with E-state index in [1.807, 2.05) is 40.0 Å². The SMILES string of the molecule is CCC(C)NC(=O)COc1cc(C)ccc1C(C)NC. The molecule has 0 aliphatic carbocycles. The maximum absolute atomic E-state index is 11.8. The summed E-state index contributed by atoms with van der Waals surface area (Å²) in [5.74, 6) is 0.690. The van der Waals surface area contributed by atoms with Crippen molar-refractivity contribution in [1.29, 1.82) is 0 Å². The van der Waals surface area contributed by atoms with Crippen LogP contribution in [0.1, 0.15) is 44.4 Å². The van der Waals surface area contributed by atoms with Crippen LogP contribution < -0.4 is 15.4 Å². The van der Waals surface area contributed by atoms with Crippen molar-refractivity contribution in [2.45, 2.75) is 46.2 Å². The number of ether oxygens (including phenoxy) is 1. The predicted octanol–water partition coefficient (Wildman–Crippen LogP) is 2.57. The van der Waals surface area contributed by atoms with Crippen molar-refractivity contribution < 1.29 is 9.53 Å². The molecular formula is C16H26N2O2. The largest absolute Gasteiger partial charge is 0.483 e. The van der Waals surface area contributed by atoms with Crippen molar-refractivity contribution in [3.8, 4) is 5.75 Å². The van der Waals surface area contributed by atoms with Crippen LogP contribution in [0, 0.1) is 6.92 Å². The zero-order valence-corrected chi connectivity index (χ0v) is 13.1. The molecule has 0 aliphatic heterocycles. The Balaban J connectivity index is 2.71. The summed E-state index contributed by atoms with van der Waals surface area (Å²) in [6, 6.07) is 6.43. The minimum Gasteiger partial charge on any atom is -0.483 e. The van der Waals surface area contributed by atoms with Crippen LogP contribution in [0.4, 0.5) is 0 Å². The van der Waals surface area contributed by atoms with E-state index in [9.17, 15) is 4.79 Å². The number of hydrogen-bond donors (Lipinski definition) is 2. The highest BCUT2D eigenvalue weighted by atomic mass is 16.5. The Morgan fingerprint density at radius 3 is 2.65 bits per heavy atom. The number of hydrogen-bond acceptors (Lipinski definition) is 3. The molecule has 20 heavy (non-hydrogen) atoms. The molecule has 0 saturated carbocycles. The van der Waals surface area contributed by atoms with Crippen LogP contribution in [0.5, 0.6) is 5.75 Å². The second-order valence-corrected chi connectivity index (χ2v) is 5.22. The van der Waals surface area contributed by atoms with Gasteiger partial charge in [-0.2, -0.15) is 0 Å². The molecule has 1 rings (SSSR count). The van der Waals surface area contributed by atoms with Gasteiger partial charge in [-0.05, 0) is 45.9 Å². The predicted molar refractivity (Wildman–Crippen MR) is 82.0 cm³/mol. The molecule has 0 saturated heterocycles. The Kier molecular flexibility index (Phi) is 6.52. The molecule has 0 fully saturated rings. The lowest BCUT2D eigenvalue weighted by molar-refractivity contribution is -0.123. The lowest BCUT2D eigenvalue weighted by Crippen LogP contribution is -2.35. The van der Waals surface area contributed by atoms with Gasteiger partial charge in [-0.3, -0.25) is 4.79 Å². The monoisotopic (exact) mass is 278 g/mol. The number of carbonyl (C=O) groups excluding carboxylic acids is 1. The zero-order valence-electron chi connectivity index (χ0n) is 13.1. The molecule has 0 aliphatic rings. The first-order valence-corrected chi connectivity index (χ1v) is 7.17. The fourth-order valence-electron chi connectivity index (χ4n) is 1.84. The van der Waals surface area contributed by atoms with Gasteiger partial charge in [-0.15, -0.1) is 0 Å². The number of carbonyl (C=O) groups is 1. The molecule has 1 aromatic rings. The normalized spacial score (nSPS) is 13.7. The van der Waals surface area contributed by atoms with Crippen LogP contribution in [0.15, 0.2) is 18.2 Å². The van der Waals surface area contributed by atoms with Crippen LogP contribution in [-0.4, -0.2) is 25.6 Å². The molecule has 4 heteroatoms. The maximum atomic E-state index is 11.8. The Labute approximate surface area is 121 Å². The smallest absolute Gasteiger partial charge is 0.258 e. The Bertz CT molecular complexity index is 446. The zero-order chi connectivity index (χ0) is 15.1. The average molecular weight is 278 g/mol. The van der Waals surface area contributed by atoms with Crippen molar-refractivity contribution in [3.05, 3.63) is 29.3 Å². The van der Waals surface area contributed by atoms with Crippen molar-refractivity contribution in [2.24, 2.45) is 0 Å². The minimum absolute atomic E-state index is 0.0528. The summed E-state index contributed by atoms with van der Waals surface area (Å²) in [6.45, 7) is 8.16. The van der Waals surface area contributed by atoms with Crippen molar-refractivity contribution in [3.63, 3.8) is 0 Å². The summed E-state index contributed by atoms with van der Waals surface area (Å²) < 4.78 is 5.70. The first-order chi connectivity index (χ1) is 9.47. The minimum atomic E-state index is -0.0797. The molecule has 2 unspecified atom stereocenters. The summed E-state index contributed by atoms with van der Waals surface area (Å²) in [6.07, 6.45) is 0.915. The van der Waals surface area contributed by atoms with Crippen molar-refractivity contribution >= 4 is 5.91 Å². The second kappa shape index (κ2) is 7.90. The summed E-state index contributed by atoms with van der Waals surface area (Å²) in [5, 5.41) is 6.09. The van der Waals surface area contributed by atoms with Crippen LogP contribution in [-0.2, 0) is 4.79 Å². The molecule has 0 heterocycles. The van der Waals surface area contributed by atoms with E-state index < -0.39 is 0 Å². The summed E-state index contributed by atoms with van der Waals surface area (Å²) >= 11 is 0. The van der Waals surface area contributed by atoms with Crippen molar-refractivity contribution in [2.75, 3.05) is 13.7 Å². The molecule has 2 N–H and O–H groups in total. The molecule has 112 valence electrons. The maximum Gasteiger partial charge on any atom is 0.258 e. The third kappa shape index (κ3) is 4.85. The van der Waals surface area contributed by atoms with Gasteiger partial charge in [-0.1, -0.05) is 19.1 Å². The first-order valence-electron chi connectivity index (χ1n) is 7.17. The Morgan fingerprint density at radius 2 is 2.05 bits per heavy atom. The van der Waals surface area contributed by atoms with Crippen molar-refractivity contribution in [1.82, 2.24) is 10.6 Å². The van der Waals surface area contributed by atoms with E-state index in [1.54, 1.807) is 0 Å². The number of benzene rings is 1. The molecule has 2 atom stereocenters. The third-order valence-corrected chi connectivity index (χ3v) is 3.45. The fraction of sp³-hybridized carbons (Fsp3) is 0.562. The van der Waals surface area contributed by atoms with Gasteiger partial charge in [-0.25, -0.2) is 0 Å². The number of aryl methyl sites for hydroxylation is 1. The average Bonchev–Trinajstić information content (AvgIpc) is 2.44. The lowest BCUT2D eigenvalue weighted by Gasteiger charge is -2.18. The highest BCUT2D eigenvalue weighted by Crippen LogP contribution is 2.26. The first kappa shape index (κ1) is 16.5. The number of amides is 1. The third-order valence-electron chi connectivity index (χ3n) is 3.45. The van der Waals surface area contributed by atoms with Gasteiger partial charge in [0.2, 0.25) is 0 Å². The summed E-state index contributed by atoms with van der Waals surface area (Å²) in [7, 11) is 1.91. The van der Waals surface area contributed by atoms with Gasteiger partial charge >= 0.3 is 0 Å². The van der Waals surface area contributed by atoms with E-state index in [4.69, 9.17) is 4.74 Å². The Hall–Kier alpha value is -1.55. The van der Waals surface area contributed by atoms with Gasteiger partial charge in [0.1, 0.15) is 5.75 Å². The van der Waals surface area contributed by atoms with Gasteiger partial charge in [0.05, 0.1) is 0 Å². The van der Waals surface area contributed by atoms with Gasteiger partial charge in [0, 0.05) is 17.6 Å². The molecule has 4 nitrogen and oxygen atoms in total. The second-order valence-electron chi connectivity index (χ2n) is 5.22. The van der Waals surface area contributed by atoms with E-state index in [1.165, 1.54) is 0 Å². The topological polar surface area (TPSA) is 50.4 Å². The molecule has 0 radical (unpaired) electrons. The van der Waals surface area contributed by atoms with Crippen LogP contribution in [0.3, 0.4) is 0 Å². The quantitative estimate of drug-likeness (QED) is 0.806. The van der Waals surface area contributed by atoms with Crippen LogP contribution >= 0.6 is 0 Å². The molecule has 1 amide bonds. The molecule has 1 aromatic carbocycles. The van der Waals surface area contributed by atoms with Gasteiger partial charge < -0.3 is 15.4 Å². The highest BCUT2D eigenvalue weighted by molar-refractivity contribution is 5.77. The fourth-order valence-corrected chi connectivity index (χ4v) is 1.84. The highest BCUT2D eigenvalue weighted by Gasteiger charge is 2.12. The number of rotatable bonds is 7. The standard InChI is InChI=1S/C16H26N2O2/c1-6-12(3)18-16(19)10-20-15-9-11(2)7-8-14(15)13(4)17-5/h7-9,12-13,17H,6,10H2,1-5H3,(H,18,19). The molecule has 0 spiro atoms. The molecular weight excluding hydrogens is 252 g/mol.